The van der Waals surface area contributed by atoms with E-state index in [1.807, 2.05) is 30.3 Å². The number of anilines is 1. The summed E-state index contributed by atoms with van der Waals surface area (Å²) in [5.41, 5.74) is 2.45. The zero-order valence-electron chi connectivity index (χ0n) is 19.0. The molecule has 0 fully saturated rings. The molecule has 0 unspecified atom stereocenters. The van der Waals surface area contributed by atoms with Crippen molar-refractivity contribution < 1.29 is 27.1 Å². The minimum atomic E-state index is -3.74. The molecule has 2 aromatic carbocycles. The van der Waals surface area contributed by atoms with Crippen molar-refractivity contribution in [3.05, 3.63) is 95.1 Å². The lowest BCUT2D eigenvalue weighted by Gasteiger charge is -2.16. The van der Waals surface area contributed by atoms with E-state index in [4.69, 9.17) is 9.47 Å². The number of carbonyl (C=O) groups excluding carboxylic acids is 1. The van der Waals surface area contributed by atoms with Crippen LogP contribution in [0.15, 0.2) is 66.9 Å². The van der Waals surface area contributed by atoms with Gasteiger partial charge in [0.25, 0.3) is 0 Å². The maximum Gasteiger partial charge on any atom is 0.360 e. The van der Waals surface area contributed by atoms with E-state index in [1.54, 1.807) is 24.4 Å². The van der Waals surface area contributed by atoms with Crippen LogP contribution in [0.5, 0.6) is 5.75 Å². The number of nitrogens with one attached hydrogen (secondary N) is 1. The number of ether oxygens (including phenoxy) is 2. The summed E-state index contributed by atoms with van der Waals surface area (Å²) in [6.07, 6.45) is 2.99. The predicted molar refractivity (Wildman–Crippen MR) is 129 cm³/mol. The van der Waals surface area contributed by atoms with Gasteiger partial charge in [0.15, 0.2) is 11.4 Å². The minimum absolute atomic E-state index is 0.0723. The Morgan fingerprint density at radius 3 is 2.40 bits per heavy atom. The minimum Gasteiger partial charge on any atom is -0.484 e. The number of sulfonamides is 1. The van der Waals surface area contributed by atoms with E-state index in [2.05, 4.69) is 14.7 Å². The van der Waals surface area contributed by atoms with Gasteiger partial charge in [0, 0.05) is 11.6 Å². The lowest BCUT2D eigenvalue weighted by molar-refractivity contribution is 0.0589. The van der Waals surface area contributed by atoms with Crippen LogP contribution in [0.1, 0.15) is 27.2 Å². The predicted octanol–water partition coefficient (Wildman–Crippen LogP) is 4.10. The topological polar surface area (TPSA) is 107 Å². The van der Waals surface area contributed by atoms with Crippen LogP contribution >= 0.6 is 0 Å². The third-order valence-electron chi connectivity index (χ3n) is 5.06. The largest absolute Gasteiger partial charge is 0.484 e. The van der Waals surface area contributed by atoms with Gasteiger partial charge < -0.3 is 9.47 Å². The van der Waals surface area contributed by atoms with Gasteiger partial charge in [-0.2, -0.15) is 0 Å². The second-order valence-corrected chi connectivity index (χ2v) is 9.57. The Balaban J connectivity index is 1.85. The maximum absolute atomic E-state index is 13.3. The molecule has 0 aliphatic carbocycles. The fourth-order valence-electron chi connectivity index (χ4n) is 3.49. The number of hydrogen-bond donors (Lipinski definition) is 1. The first-order valence-corrected chi connectivity index (χ1v) is 12.4. The first kappa shape index (κ1) is 24.1. The molecule has 2 aromatic heterocycles. The quantitative estimate of drug-likeness (QED) is 0.367. The second kappa shape index (κ2) is 10.1. The van der Waals surface area contributed by atoms with Gasteiger partial charge in [0.2, 0.25) is 10.0 Å². The van der Waals surface area contributed by atoms with Gasteiger partial charge in [-0.25, -0.2) is 22.6 Å². The van der Waals surface area contributed by atoms with Crippen LogP contribution in [0.4, 0.5) is 10.2 Å². The molecule has 0 atom stereocenters. The molecule has 2 heterocycles. The third kappa shape index (κ3) is 5.90. The Morgan fingerprint density at radius 1 is 1.03 bits per heavy atom. The molecule has 4 rings (SSSR count). The van der Waals surface area contributed by atoms with Crippen molar-refractivity contribution in [2.45, 2.75) is 13.0 Å². The summed E-state index contributed by atoms with van der Waals surface area (Å²) in [7, 11) is -2.54. The SMILES string of the molecule is COC(=O)c1nc(NS(C)(=O)=O)c2cc(Cc3ccc(F)cc3)cnc2c1OCc1ccccc1. The van der Waals surface area contributed by atoms with Crippen LogP contribution in [0.3, 0.4) is 0 Å². The molecular weight excluding hydrogens is 473 g/mol. The molecule has 10 heteroatoms. The molecule has 0 saturated carbocycles. The molecule has 180 valence electrons. The van der Waals surface area contributed by atoms with Crippen molar-refractivity contribution in [2.75, 3.05) is 18.1 Å². The molecule has 0 amide bonds. The Hall–Kier alpha value is -4.05. The lowest BCUT2D eigenvalue weighted by Crippen LogP contribution is -2.16. The number of methoxy groups -OCH3 is 1. The molecule has 4 aromatic rings. The summed E-state index contributed by atoms with van der Waals surface area (Å²) < 4.78 is 50.5. The van der Waals surface area contributed by atoms with E-state index in [1.165, 1.54) is 19.2 Å². The van der Waals surface area contributed by atoms with Crippen molar-refractivity contribution >= 4 is 32.7 Å². The standard InChI is InChI=1S/C25H22FN3O5S/c1-33-25(30)22-23(34-15-17-6-4-3-5-7-17)21-20(24(28-22)29-35(2,31)32)13-18(14-27-21)12-16-8-10-19(26)11-9-16/h3-11,13-14H,12,15H2,1-2H3,(H,28,29). The monoisotopic (exact) mass is 495 g/mol. The van der Waals surface area contributed by atoms with Crippen molar-refractivity contribution in [1.82, 2.24) is 9.97 Å². The fraction of sp³-hybridized carbons (Fsp3) is 0.160. The number of esters is 1. The zero-order valence-corrected chi connectivity index (χ0v) is 19.8. The molecule has 0 radical (unpaired) electrons. The van der Waals surface area contributed by atoms with Crippen LogP contribution in [0, 0.1) is 5.82 Å². The summed E-state index contributed by atoms with van der Waals surface area (Å²) in [5.74, 6) is -1.15. The number of rotatable bonds is 8. The number of fused-ring (bicyclic) bond motifs is 1. The maximum atomic E-state index is 13.3. The molecule has 0 aliphatic heterocycles. The van der Waals surface area contributed by atoms with Crippen LogP contribution in [-0.4, -0.2) is 37.7 Å². The molecule has 0 aliphatic rings. The van der Waals surface area contributed by atoms with E-state index in [-0.39, 0.29) is 35.2 Å². The highest BCUT2D eigenvalue weighted by atomic mass is 32.2. The molecule has 35 heavy (non-hydrogen) atoms. The van der Waals surface area contributed by atoms with Crippen LogP contribution < -0.4 is 9.46 Å². The molecular formula is C25H22FN3O5S. The van der Waals surface area contributed by atoms with Crippen molar-refractivity contribution in [2.24, 2.45) is 0 Å². The number of carbonyl (C=O) groups is 1. The summed E-state index contributed by atoms with van der Waals surface area (Å²) in [5, 5.41) is 0.339. The molecule has 0 bridgehead atoms. The first-order valence-electron chi connectivity index (χ1n) is 10.5. The molecule has 0 saturated heterocycles. The average molecular weight is 496 g/mol. The summed E-state index contributed by atoms with van der Waals surface area (Å²) in [4.78, 5) is 21.3. The van der Waals surface area contributed by atoms with Gasteiger partial charge >= 0.3 is 5.97 Å². The third-order valence-corrected chi connectivity index (χ3v) is 5.63. The Kier molecular flexibility index (Phi) is 6.92. The second-order valence-electron chi connectivity index (χ2n) is 7.82. The van der Waals surface area contributed by atoms with Crippen LogP contribution in [0.2, 0.25) is 0 Å². The number of benzene rings is 2. The van der Waals surface area contributed by atoms with Crippen LogP contribution in [0.25, 0.3) is 10.9 Å². The first-order chi connectivity index (χ1) is 16.7. The molecule has 8 nitrogen and oxygen atoms in total. The summed E-state index contributed by atoms with van der Waals surface area (Å²) >= 11 is 0. The van der Waals surface area contributed by atoms with Gasteiger partial charge in [-0.05, 0) is 41.3 Å². The van der Waals surface area contributed by atoms with Crippen LogP contribution in [-0.2, 0) is 27.8 Å². The van der Waals surface area contributed by atoms with Crippen molar-refractivity contribution in [3.8, 4) is 5.75 Å². The number of pyridine rings is 2. The smallest absolute Gasteiger partial charge is 0.360 e. The molecule has 0 spiro atoms. The van der Waals surface area contributed by atoms with Gasteiger partial charge in [0.05, 0.1) is 13.4 Å². The van der Waals surface area contributed by atoms with E-state index < -0.39 is 16.0 Å². The zero-order chi connectivity index (χ0) is 25.0. The highest BCUT2D eigenvalue weighted by molar-refractivity contribution is 7.92. The average Bonchev–Trinajstić information content (AvgIpc) is 2.84. The lowest BCUT2D eigenvalue weighted by atomic mass is 10.0. The van der Waals surface area contributed by atoms with Gasteiger partial charge in [0.1, 0.15) is 23.8 Å². The fourth-order valence-corrected chi connectivity index (χ4v) is 4.00. The Labute approximate surface area is 201 Å². The Morgan fingerprint density at radius 2 is 1.74 bits per heavy atom. The van der Waals surface area contributed by atoms with E-state index in [9.17, 15) is 17.6 Å². The van der Waals surface area contributed by atoms with E-state index in [0.717, 1.165) is 22.9 Å². The normalized spacial score (nSPS) is 11.3. The summed E-state index contributed by atoms with van der Waals surface area (Å²) in [6, 6.07) is 17.1. The van der Waals surface area contributed by atoms with Gasteiger partial charge in [-0.3, -0.25) is 9.71 Å². The van der Waals surface area contributed by atoms with Gasteiger partial charge in [-0.15, -0.1) is 0 Å². The van der Waals surface area contributed by atoms with E-state index >= 15 is 0 Å². The molecule has 1 N–H and O–H groups in total. The van der Waals surface area contributed by atoms with Crippen molar-refractivity contribution in [3.63, 3.8) is 0 Å². The van der Waals surface area contributed by atoms with E-state index in [0.29, 0.717) is 11.8 Å². The Bertz CT molecular complexity index is 1480. The number of aromatic nitrogens is 2. The van der Waals surface area contributed by atoms with Gasteiger partial charge in [-0.1, -0.05) is 42.5 Å². The number of nitrogens with zero attached hydrogens (tertiary/aromatic N) is 2. The number of halogens is 1. The summed E-state index contributed by atoms with van der Waals surface area (Å²) in [6.45, 7) is 0.124. The number of hydrogen-bond acceptors (Lipinski definition) is 7. The highest BCUT2D eigenvalue weighted by Crippen LogP contribution is 2.34. The highest BCUT2D eigenvalue weighted by Gasteiger charge is 2.24. The van der Waals surface area contributed by atoms with Crippen molar-refractivity contribution in [1.29, 1.82) is 0 Å².